The Bertz CT molecular complexity index is 1140. The first kappa shape index (κ1) is 22.5. The highest BCUT2D eigenvalue weighted by Crippen LogP contribution is 2.45. The molecule has 0 aliphatic heterocycles. The topological polar surface area (TPSA) is 104 Å². The molecule has 162 valence electrons. The Morgan fingerprint density at radius 1 is 1.26 bits per heavy atom. The number of aromatic nitrogens is 1. The Labute approximate surface area is 184 Å². The van der Waals surface area contributed by atoms with E-state index in [-0.39, 0.29) is 33.4 Å². The first-order chi connectivity index (χ1) is 14.4. The minimum atomic E-state index is -0.801. The lowest BCUT2D eigenvalue weighted by Crippen LogP contribution is -2.44. The van der Waals surface area contributed by atoms with Gasteiger partial charge in [-0.1, -0.05) is 11.6 Å². The summed E-state index contributed by atoms with van der Waals surface area (Å²) >= 11 is 6.47. The van der Waals surface area contributed by atoms with E-state index in [4.69, 9.17) is 16.9 Å². The van der Waals surface area contributed by atoms with Gasteiger partial charge < -0.3 is 15.2 Å². The van der Waals surface area contributed by atoms with E-state index >= 15 is 0 Å². The van der Waals surface area contributed by atoms with Crippen LogP contribution in [0.3, 0.4) is 0 Å². The lowest BCUT2D eigenvalue weighted by atomic mass is 10.0. The van der Waals surface area contributed by atoms with Crippen molar-refractivity contribution in [3.8, 4) is 6.07 Å². The second-order valence-corrected chi connectivity index (χ2v) is 8.93. The van der Waals surface area contributed by atoms with Crippen LogP contribution in [-0.2, 0) is 11.8 Å². The Hall–Kier alpha value is -3.18. The largest absolute Gasteiger partial charge is 0.345 e. The molecule has 9 heteroatoms. The van der Waals surface area contributed by atoms with Gasteiger partial charge in [-0.15, -0.1) is 0 Å². The fourth-order valence-electron chi connectivity index (χ4n) is 3.36. The van der Waals surface area contributed by atoms with E-state index in [1.54, 1.807) is 33.9 Å². The van der Waals surface area contributed by atoms with Gasteiger partial charge in [0, 0.05) is 29.9 Å². The fraction of sp³-hybridized carbons (Fsp3) is 0.364. The molecule has 2 N–H and O–H groups in total. The molecule has 31 heavy (non-hydrogen) atoms. The molecular weight excluding hydrogens is 423 g/mol. The molecule has 0 unspecified atom stereocenters. The molecule has 1 aliphatic carbocycles. The van der Waals surface area contributed by atoms with Crippen LogP contribution in [0.4, 0.5) is 10.1 Å². The third kappa shape index (κ3) is 4.62. The second-order valence-electron chi connectivity index (χ2n) is 8.55. The van der Waals surface area contributed by atoms with Crippen molar-refractivity contribution in [2.45, 2.75) is 45.1 Å². The summed E-state index contributed by atoms with van der Waals surface area (Å²) in [5.41, 5.74) is -0.0555. The van der Waals surface area contributed by atoms with E-state index < -0.39 is 29.0 Å². The number of carbonyl (C=O) groups excluding carboxylic acids is 3. The van der Waals surface area contributed by atoms with Crippen molar-refractivity contribution in [3.63, 3.8) is 0 Å². The summed E-state index contributed by atoms with van der Waals surface area (Å²) in [6.45, 7) is 5.26. The SMILES string of the molecule is Cn1c(C(=O)Nc2ccc(F)c(C#N)c2)c(Cl)c(C(=O)C(=O)NC(C)(C)C)c1C1CC1. The van der Waals surface area contributed by atoms with E-state index in [9.17, 15) is 18.8 Å². The van der Waals surface area contributed by atoms with Crippen molar-refractivity contribution in [1.29, 1.82) is 5.26 Å². The van der Waals surface area contributed by atoms with Crippen molar-refractivity contribution >= 4 is 34.9 Å². The Balaban J connectivity index is 1.99. The van der Waals surface area contributed by atoms with Gasteiger partial charge in [-0.2, -0.15) is 5.26 Å². The van der Waals surface area contributed by atoms with Crippen molar-refractivity contribution in [3.05, 3.63) is 51.6 Å². The highest BCUT2D eigenvalue weighted by molar-refractivity contribution is 6.48. The van der Waals surface area contributed by atoms with Crippen molar-refractivity contribution < 1.29 is 18.8 Å². The number of Topliss-reactive ketones (excluding diaryl/α,β-unsaturated/α-hetero) is 1. The molecule has 2 amide bonds. The van der Waals surface area contributed by atoms with Crippen LogP contribution in [0.2, 0.25) is 5.02 Å². The van der Waals surface area contributed by atoms with Gasteiger partial charge in [-0.05, 0) is 51.8 Å². The van der Waals surface area contributed by atoms with E-state index in [0.717, 1.165) is 18.9 Å². The molecular formula is C22H22ClFN4O3. The molecule has 3 rings (SSSR count). The lowest BCUT2D eigenvalue weighted by Gasteiger charge is -2.20. The molecule has 2 aromatic rings. The molecule has 1 fully saturated rings. The van der Waals surface area contributed by atoms with Gasteiger partial charge in [0.15, 0.2) is 0 Å². The number of halogens is 2. The summed E-state index contributed by atoms with van der Waals surface area (Å²) in [5, 5.41) is 14.1. The number of anilines is 1. The number of nitriles is 1. The number of hydrogen-bond acceptors (Lipinski definition) is 4. The number of benzene rings is 1. The van der Waals surface area contributed by atoms with E-state index in [0.29, 0.717) is 5.69 Å². The minimum Gasteiger partial charge on any atom is -0.345 e. The number of carbonyl (C=O) groups is 3. The third-order valence-electron chi connectivity index (χ3n) is 4.83. The summed E-state index contributed by atoms with van der Waals surface area (Å²) in [4.78, 5) is 38.4. The number of nitrogens with zero attached hydrogens (tertiary/aromatic N) is 2. The van der Waals surface area contributed by atoms with Crippen LogP contribution >= 0.6 is 11.6 Å². The molecule has 0 radical (unpaired) electrons. The van der Waals surface area contributed by atoms with Crippen LogP contribution in [0.1, 0.15) is 71.6 Å². The molecule has 0 spiro atoms. The quantitative estimate of drug-likeness (QED) is 0.538. The van der Waals surface area contributed by atoms with Gasteiger partial charge in [0.25, 0.3) is 17.6 Å². The molecule has 0 bridgehead atoms. The van der Waals surface area contributed by atoms with Gasteiger partial charge in [-0.3, -0.25) is 14.4 Å². The zero-order chi connectivity index (χ0) is 23.1. The maximum Gasteiger partial charge on any atom is 0.292 e. The van der Waals surface area contributed by atoms with Crippen LogP contribution in [0, 0.1) is 17.1 Å². The summed E-state index contributed by atoms with van der Waals surface area (Å²) in [7, 11) is 1.61. The van der Waals surface area contributed by atoms with Crippen molar-refractivity contribution in [1.82, 2.24) is 9.88 Å². The van der Waals surface area contributed by atoms with E-state index in [2.05, 4.69) is 10.6 Å². The number of rotatable bonds is 5. The molecule has 1 saturated carbocycles. The van der Waals surface area contributed by atoms with Crippen molar-refractivity contribution in [2.24, 2.45) is 7.05 Å². The first-order valence-electron chi connectivity index (χ1n) is 9.70. The standard InChI is InChI=1S/C22H22ClFN4O3/c1-22(2,3)27-21(31)19(29)15-16(23)18(28(4)17(15)11-5-6-11)20(30)26-13-7-8-14(24)12(9-13)10-25/h7-9,11H,5-6H2,1-4H3,(H,26,30)(H,27,31). The van der Waals surface area contributed by atoms with E-state index in [1.165, 1.54) is 16.7 Å². The Morgan fingerprint density at radius 3 is 2.45 bits per heavy atom. The van der Waals surface area contributed by atoms with Gasteiger partial charge >= 0.3 is 0 Å². The normalized spacial score (nSPS) is 13.5. The van der Waals surface area contributed by atoms with Crippen LogP contribution in [0.15, 0.2) is 18.2 Å². The Kier molecular flexibility index (Phi) is 5.92. The summed E-state index contributed by atoms with van der Waals surface area (Å²) in [6.07, 6.45) is 1.64. The first-order valence-corrected chi connectivity index (χ1v) is 10.1. The number of nitrogens with one attached hydrogen (secondary N) is 2. The number of hydrogen-bond donors (Lipinski definition) is 2. The highest BCUT2D eigenvalue weighted by Gasteiger charge is 2.38. The summed E-state index contributed by atoms with van der Waals surface area (Å²) in [6, 6.07) is 5.30. The van der Waals surface area contributed by atoms with Crippen LogP contribution < -0.4 is 10.6 Å². The highest BCUT2D eigenvalue weighted by atomic mass is 35.5. The zero-order valence-corrected chi connectivity index (χ0v) is 18.4. The monoisotopic (exact) mass is 444 g/mol. The second kappa shape index (κ2) is 8.16. The van der Waals surface area contributed by atoms with Crippen LogP contribution in [0.25, 0.3) is 0 Å². The molecule has 0 saturated heterocycles. The Morgan fingerprint density at radius 2 is 1.90 bits per heavy atom. The maximum atomic E-state index is 13.6. The van der Waals surface area contributed by atoms with Crippen LogP contribution in [0.5, 0.6) is 0 Å². The van der Waals surface area contributed by atoms with Gasteiger partial charge in [0.1, 0.15) is 17.6 Å². The van der Waals surface area contributed by atoms with Gasteiger partial charge in [0.05, 0.1) is 16.1 Å². The maximum absolute atomic E-state index is 13.6. The van der Waals surface area contributed by atoms with Gasteiger partial charge in [-0.25, -0.2) is 4.39 Å². The summed E-state index contributed by atoms with van der Waals surface area (Å²) in [5.74, 6) is -2.91. The molecule has 1 aromatic carbocycles. The third-order valence-corrected chi connectivity index (χ3v) is 5.19. The zero-order valence-electron chi connectivity index (χ0n) is 17.6. The molecule has 7 nitrogen and oxygen atoms in total. The van der Waals surface area contributed by atoms with E-state index in [1.807, 2.05) is 0 Å². The smallest absolute Gasteiger partial charge is 0.292 e. The van der Waals surface area contributed by atoms with Crippen LogP contribution in [-0.4, -0.2) is 27.7 Å². The number of ketones is 1. The molecule has 1 aliphatic rings. The molecule has 0 atom stereocenters. The predicted molar refractivity (Wildman–Crippen MR) is 114 cm³/mol. The average Bonchev–Trinajstić information content (AvgIpc) is 3.46. The average molecular weight is 445 g/mol. The van der Waals surface area contributed by atoms with Gasteiger partial charge in [0.2, 0.25) is 0 Å². The number of amides is 2. The predicted octanol–water partition coefficient (Wildman–Crippen LogP) is 3.92. The molecule has 1 heterocycles. The summed E-state index contributed by atoms with van der Waals surface area (Å²) < 4.78 is 15.1. The lowest BCUT2D eigenvalue weighted by molar-refractivity contribution is -0.118. The molecule has 1 aromatic heterocycles. The minimum absolute atomic E-state index is 0.0123. The fourth-order valence-corrected chi connectivity index (χ4v) is 3.75. The van der Waals surface area contributed by atoms with Crippen molar-refractivity contribution in [2.75, 3.05) is 5.32 Å².